The lowest BCUT2D eigenvalue weighted by atomic mass is 9.96. The van der Waals surface area contributed by atoms with Crippen LogP contribution in [0.1, 0.15) is 27.5 Å². The van der Waals surface area contributed by atoms with E-state index in [1.165, 1.54) is 11.3 Å². The number of nitrogens with zero attached hydrogens (tertiary/aromatic N) is 2. The largest absolute Gasteiger partial charge is 0.451 e. The van der Waals surface area contributed by atoms with Gasteiger partial charge in [-0.1, -0.05) is 30.3 Å². The lowest BCUT2D eigenvalue weighted by Gasteiger charge is -2.30. The van der Waals surface area contributed by atoms with Crippen molar-refractivity contribution in [3.05, 3.63) is 40.2 Å². The zero-order valence-electron chi connectivity index (χ0n) is 15.0. The molecule has 8 heteroatoms. The van der Waals surface area contributed by atoms with Gasteiger partial charge in [0.15, 0.2) is 6.61 Å². The highest BCUT2D eigenvalue weighted by Crippen LogP contribution is 2.28. The fraction of sp³-hybridized carbons (Fsp3) is 0.368. The number of amides is 2. The zero-order valence-corrected chi connectivity index (χ0v) is 15.8. The number of hydrogen-bond donors (Lipinski definition) is 1. The van der Waals surface area contributed by atoms with Crippen LogP contribution in [-0.2, 0) is 14.3 Å². The van der Waals surface area contributed by atoms with Gasteiger partial charge in [0, 0.05) is 24.6 Å². The van der Waals surface area contributed by atoms with E-state index in [1.807, 2.05) is 37.3 Å². The Hall–Kier alpha value is -2.74. The zero-order chi connectivity index (χ0) is 19.4. The monoisotopic (exact) mass is 387 g/mol. The van der Waals surface area contributed by atoms with Crippen molar-refractivity contribution in [1.82, 2.24) is 9.88 Å². The van der Waals surface area contributed by atoms with Gasteiger partial charge in [-0.25, -0.2) is 9.78 Å². The molecule has 1 fully saturated rings. The molecule has 2 heterocycles. The van der Waals surface area contributed by atoms with Crippen molar-refractivity contribution in [2.45, 2.75) is 19.8 Å². The highest BCUT2D eigenvalue weighted by molar-refractivity contribution is 7.14. The number of esters is 1. The number of nitrogens with two attached hydrogens (primary N) is 1. The van der Waals surface area contributed by atoms with Gasteiger partial charge in [0.2, 0.25) is 5.91 Å². The van der Waals surface area contributed by atoms with E-state index in [9.17, 15) is 14.4 Å². The molecule has 0 spiro atoms. The fourth-order valence-electron chi connectivity index (χ4n) is 3.05. The molecular formula is C19H21N3O4S. The van der Waals surface area contributed by atoms with Gasteiger partial charge in [-0.05, 0) is 19.8 Å². The molecule has 1 aromatic carbocycles. The van der Waals surface area contributed by atoms with Crippen molar-refractivity contribution >= 4 is 29.1 Å². The summed E-state index contributed by atoms with van der Waals surface area (Å²) in [7, 11) is 0. The van der Waals surface area contributed by atoms with Crippen molar-refractivity contribution in [3.8, 4) is 11.3 Å². The standard InChI is InChI=1S/C19H21N3O4S/c1-12-21-16(13-5-3-2-4-6-13)17(27-12)19(25)26-11-15(23)22-9-7-14(8-10-22)18(20)24/h2-6,14H,7-11H2,1H3,(H2,20,24). The average molecular weight is 387 g/mol. The van der Waals surface area contributed by atoms with Crippen LogP contribution in [0.4, 0.5) is 0 Å². The summed E-state index contributed by atoms with van der Waals surface area (Å²) in [4.78, 5) is 42.4. The number of hydrogen-bond acceptors (Lipinski definition) is 6. The topological polar surface area (TPSA) is 103 Å². The first-order chi connectivity index (χ1) is 13.0. The number of ether oxygens (including phenoxy) is 1. The highest BCUT2D eigenvalue weighted by atomic mass is 32.1. The van der Waals surface area contributed by atoms with E-state index in [-0.39, 0.29) is 24.3 Å². The first-order valence-electron chi connectivity index (χ1n) is 8.72. The number of benzene rings is 1. The summed E-state index contributed by atoms with van der Waals surface area (Å²) >= 11 is 1.25. The molecule has 0 radical (unpaired) electrons. The minimum Gasteiger partial charge on any atom is -0.451 e. The number of aromatic nitrogens is 1. The molecule has 0 saturated carbocycles. The van der Waals surface area contributed by atoms with Gasteiger partial charge in [-0.2, -0.15) is 0 Å². The molecule has 0 unspecified atom stereocenters. The highest BCUT2D eigenvalue weighted by Gasteiger charge is 2.27. The quantitative estimate of drug-likeness (QED) is 0.791. The Kier molecular flexibility index (Phi) is 5.85. The van der Waals surface area contributed by atoms with E-state index in [4.69, 9.17) is 10.5 Å². The van der Waals surface area contributed by atoms with Gasteiger partial charge in [0.1, 0.15) is 4.88 Å². The van der Waals surface area contributed by atoms with Gasteiger partial charge in [0.25, 0.3) is 5.91 Å². The number of carbonyl (C=O) groups is 3. The number of aryl methyl sites for hydroxylation is 1. The molecular weight excluding hydrogens is 366 g/mol. The number of likely N-dealkylation sites (tertiary alicyclic amines) is 1. The maximum absolute atomic E-state index is 12.5. The summed E-state index contributed by atoms with van der Waals surface area (Å²) in [6.07, 6.45) is 1.09. The van der Waals surface area contributed by atoms with Crippen LogP contribution in [0.25, 0.3) is 11.3 Å². The van der Waals surface area contributed by atoms with Crippen LogP contribution in [0, 0.1) is 12.8 Å². The third-order valence-corrected chi connectivity index (χ3v) is 5.49. The summed E-state index contributed by atoms with van der Waals surface area (Å²) in [6.45, 7) is 2.38. The number of thiazole rings is 1. The van der Waals surface area contributed by atoms with Gasteiger partial charge in [0.05, 0.1) is 10.7 Å². The van der Waals surface area contributed by atoms with Crippen molar-refractivity contribution in [3.63, 3.8) is 0 Å². The van der Waals surface area contributed by atoms with Gasteiger partial charge in [-0.3, -0.25) is 9.59 Å². The predicted octanol–water partition coefficient (Wildman–Crippen LogP) is 2.00. The molecule has 0 atom stereocenters. The lowest BCUT2D eigenvalue weighted by molar-refractivity contribution is -0.137. The summed E-state index contributed by atoms with van der Waals surface area (Å²) < 4.78 is 5.24. The third-order valence-electron chi connectivity index (χ3n) is 4.54. The maximum atomic E-state index is 12.5. The molecule has 27 heavy (non-hydrogen) atoms. The Bertz CT molecular complexity index is 842. The first-order valence-corrected chi connectivity index (χ1v) is 9.54. The van der Waals surface area contributed by atoms with Gasteiger partial charge < -0.3 is 15.4 Å². The molecule has 1 saturated heterocycles. The van der Waals surface area contributed by atoms with E-state index in [1.54, 1.807) is 4.90 Å². The van der Waals surface area contributed by atoms with Crippen LogP contribution in [0.2, 0.25) is 0 Å². The van der Waals surface area contributed by atoms with E-state index in [2.05, 4.69) is 4.98 Å². The Balaban J connectivity index is 1.60. The van der Waals surface area contributed by atoms with Crippen molar-refractivity contribution in [2.75, 3.05) is 19.7 Å². The minimum atomic E-state index is -0.556. The van der Waals surface area contributed by atoms with Gasteiger partial charge >= 0.3 is 5.97 Å². The number of piperidine rings is 1. The summed E-state index contributed by atoms with van der Waals surface area (Å²) in [5.41, 5.74) is 6.69. The Labute approximate surface area is 161 Å². The van der Waals surface area contributed by atoms with Crippen LogP contribution in [0.15, 0.2) is 30.3 Å². The van der Waals surface area contributed by atoms with E-state index >= 15 is 0 Å². The SMILES string of the molecule is Cc1nc(-c2ccccc2)c(C(=O)OCC(=O)N2CCC(C(N)=O)CC2)s1. The molecule has 0 bridgehead atoms. The van der Waals surface area contributed by atoms with Crippen molar-refractivity contribution < 1.29 is 19.1 Å². The Morgan fingerprint density at radius 3 is 2.52 bits per heavy atom. The smallest absolute Gasteiger partial charge is 0.351 e. The molecule has 2 N–H and O–H groups in total. The molecule has 1 aromatic heterocycles. The normalized spacial score (nSPS) is 14.8. The van der Waals surface area contributed by atoms with Crippen molar-refractivity contribution in [1.29, 1.82) is 0 Å². The predicted molar refractivity (Wildman–Crippen MR) is 101 cm³/mol. The summed E-state index contributed by atoms with van der Waals surface area (Å²) in [6, 6.07) is 9.39. The summed E-state index contributed by atoms with van der Waals surface area (Å²) in [5, 5.41) is 0.751. The number of carbonyl (C=O) groups excluding carboxylic acids is 3. The average Bonchev–Trinajstić information content (AvgIpc) is 3.08. The van der Waals surface area contributed by atoms with E-state index < -0.39 is 5.97 Å². The van der Waals surface area contributed by atoms with Crippen LogP contribution >= 0.6 is 11.3 Å². The number of rotatable bonds is 5. The lowest BCUT2D eigenvalue weighted by Crippen LogP contribution is -2.43. The van der Waals surface area contributed by atoms with Crippen LogP contribution in [0.3, 0.4) is 0 Å². The number of primary amides is 1. The van der Waals surface area contributed by atoms with E-state index in [0.29, 0.717) is 36.5 Å². The molecule has 142 valence electrons. The fourth-order valence-corrected chi connectivity index (χ4v) is 3.89. The molecule has 1 aliphatic heterocycles. The molecule has 3 rings (SSSR count). The second-order valence-corrected chi connectivity index (χ2v) is 7.61. The first kappa shape index (κ1) is 19.0. The van der Waals surface area contributed by atoms with Crippen molar-refractivity contribution in [2.24, 2.45) is 11.7 Å². The molecule has 1 aliphatic rings. The third kappa shape index (κ3) is 4.51. The molecule has 0 aliphatic carbocycles. The summed E-state index contributed by atoms with van der Waals surface area (Å²) in [5.74, 6) is -1.35. The Morgan fingerprint density at radius 2 is 1.89 bits per heavy atom. The van der Waals surface area contributed by atoms with Crippen LogP contribution < -0.4 is 5.73 Å². The van der Waals surface area contributed by atoms with Crippen LogP contribution in [-0.4, -0.2) is 47.4 Å². The van der Waals surface area contributed by atoms with Gasteiger partial charge in [-0.15, -0.1) is 11.3 Å². The molecule has 2 aromatic rings. The molecule has 2 amide bonds. The second kappa shape index (κ2) is 8.30. The maximum Gasteiger partial charge on any atom is 0.351 e. The minimum absolute atomic E-state index is 0.190. The Morgan fingerprint density at radius 1 is 1.22 bits per heavy atom. The van der Waals surface area contributed by atoms with E-state index in [0.717, 1.165) is 10.6 Å². The second-order valence-electron chi connectivity index (χ2n) is 6.41. The van der Waals surface area contributed by atoms with Crippen LogP contribution in [0.5, 0.6) is 0 Å². The molecule has 7 nitrogen and oxygen atoms in total.